The summed E-state index contributed by atoms with van der Waals surface area (Å²) in [5.74, 6) is 0. The molecule has 1 saturated heterocycles. The largest absolute Gasteiger partial charge is 0.368 e. The molecule has 1 aromatic rings. The molecular weight excluding hydrogens is 254 g/mol. The molecule has 0 bridgehead atoms. The Hall–Kier alpha value is -1.18. The van der Waals surface area contributed by atoms with E-state index >= 15 is 0 Å². The van der Waals surface area contributed by atoms with Crippen molar-refractivity contribution >= 4 is 17.4 Å². The van der Waals surface area contributed by atoms with E-state index in [9.17, 15) is 5.26 Å². The van der Waals surface area contributed by atoms with Gasteiger partial charge in [0, 0.05) is 30.6 Å². The molecule has 0 amide bonds. The molecular formula is C15H21N3S. The van der Waals surface area contributed by atoms with Gasteiger partial charge in [-0.2, -0.15) is 5.26 Å². The van der Waals surface area contributed by atoms with Crippen molar-refractivity contribution in [3.8, 4) is 6.07 Å². The van der Waals surface area contributed by atoms with E-state index < -0.39 is 0 Å². The summed E-state index contributed by atoms with van der Waals surface area (Å²) in [7, 11) is 0. The Morgan fingerprint density at radius 3 is 2.79 bits per heavy atom. The summed E-state index contributed by atoms with van der Waals surface area (Å²) in [5.41, 5.74) is 1.92. The van der Waals surface area contributed by atoms with Crippen molar-refractivity contribution < 1.29 is 0 Å². The molecule has 1 aliphatic rings. The number of hydrogen-bond acceptors (Lipinski definition) is 4. The lowest BCUT2D eigenvalue weighted by Gasteiger charge is -2.40. The van der Waals surface area contributed by atoms with Crippen molar-refractivity contribution in [1.82, 2.24) is 4.90 Å². The van der Waals surface area contributed by atoms with Crippen LogP contribution in [0.25, 0.3) is 0 Å². The lowest BCUT2D eigenvalue weighted by molar-refractivity contribution is 0.199. The minimum atomic E-state index is 0.545. The Balaban J connectivity index is 2.26. The van der Waals surface area contributed by atoms with Crippen LogP contribution in [0, 0.1) is 11.3 Å². The number of nitrogens with zero attached hydrogens (tertiary/aromatic N) is 3. The smallest absolute Gasteiger partial charge is 0.103 e. The van der Waals surface area contributed by atoms with Crippen LogP contribution in [0.15, 0.2) is 23.1 Å². The number of nitriles is 1. The first-order chi connectivity index (χ1) is 9.21. The van der Waals surface area contributed by atoms with Gasteiger partial charge in [-0.3, -0.25) is 4.90 Å². The second-order valence-electron chi connectivity index (χ2n) is 4.89. The van der Waals surface area contributed by atoms with Gasteiger partial charge in [0.2, 0.25) is 0 Å². The molecule has 102 valence electrons. The molecule has 1 fully saturated rings. The number of benzene rings is 1. The van der Waals surface area contributed by atoms with Gasteiger partial charge in [-0.15, -0.1) is 11.8 Å². The SMILES string of the molecule is CCN1CCN(c2cccc(SC)c2C#N)CC1C. The predicted octanol–water partition coefficient (Wildman–Crippen LogP) is 2.81. The third-order valence-electron chi connectivity index (χ3n) is 3.85. The highest BCUT2D eigenvalue weighted by molar-refractivity contribution is 7.98. The van der Waals surface area contributed by atoms with Gasteiger partial charge in [0.05, 0.1) is 11.3 Å². The average Bonchev–Trinajstić information content (AvgIpc) is 2.46. The molecule has 1 atom stereocenters. The zero-order chi connectivity index (χ0) is 13.8. The first-order valence-electron chi connectivity index (χ1n) is 6.77. The molecule has 4 heteroatoms. The highest BCUT2D eigenvalue weighted by Gasteiger charge is 2.24. The van der Waals surface area contributed by atoms with Gasteiger partial charge >= 0.3 is 0 Å². The molecule has 2 rings (SSSR count). The summed E-state index contributed by atoms with van der Waals surface area (Å²) in [6.45, 7) is 8.66. The Bertz CT molecular complexity index is 481. The Morgan fingerprint density at radius 2 is 2.21 bits per heavy atom. The standard InChI is InChI=1S/C15H21N3S/c1-4-17-8-9-18(11-12(17)2)14-6-5-7-15(19-3)13(14)10-16/h5-7,12H,4,8-9,11H2,1-3H3. The van der Waals surface area contributed by atoms with Crippen LogP contribution in [0.2, 0.25) is 0 Å². The van der Waals surface area contributed by atoms with Crippen molar-refractivity contribution in [2.24, 2.45) is 0 Å². The highest BCUT2D eigenvalue weighted by atomic mass is 32.2. The fourth-order valence-corrected chi connectivity index (χ4v) is 3.32. The van der Waals surface area contributed by atoms with E-state index in [-0.39, 0.29) is 0 Å². The van der Waals surface area contributed by atoms with Gasteiger partial charge in [-0.1, -0.05) is 13.0 Å². The second-order valence-corrected chi connectivity index (χ2v) is 5.74. The molecule has 0 N–H and O–H groups in total. The molecule has 0 saturated carbocycles. The van der Waals surface area contributed by atoms with Crippen LogP contribution in [0.3, 0.4) is 0 Å². The lowest BCUT2D eigenvalue weighted by Crippen LogP contribution is -2.51. The zero-order valence-electron chi connectivity index (χ0n) is 11.9. The van der Waals surface area contributed by atoms with E-state index in [2.05, 4.69) is 41.8 Å². The van der Waals surface area contributed by atoms with Crippen molar-refractivity contribution in [3.05, 3.63) is 23.8 Å². The maximum atomic E-state index is 9.42. The summed E-state index contributed by atoms with van der Waals surface area (Å²) in [5, 5.41) is 9.42. The molecule has 1 heterocycles. The third-order valence-corrected chi connectivity index (χ3v) is 4.63. The number of rotatable bonds is 3. The maximum Gasteiger partial charge on any atom is 0.103 e. The molecule has 0 radical (unpaired) electrons. The van der Waals surface area contributed by atoms with E-state index in [4.69, 9.17) is 0 Å². The van der Waals surface area contributed by atoms with Gasteiger partial charge in [0.15, 0.2) is 0 Å². The first-order valence-corrected chi connectivity index (χ1v) is 7.99. The summed E-state index contributed by atoms with van der Waals surface area (Å²) >= 11 is 1.64. The van der Waals surface area contributed by atoms with Crippen LogP contribution in [-0.2, 0) is 0 Å². The quantitative estimate of drug-likeness (QED) is 0.794. The van der Waals surface area contributed by atoms with Crippen molar-refractivity contribution in [2.45, 2.75) is 24.8 Å². The van der Waals surface area contributed by atoms with Crippen LogP contribution in [0.4, 0.5) is 5.69 Å². The summed E-state index contributed by atoms with van der Waals surface area (Å²) in [4.78, 5) is 5.92. The Labute approximate surface area is 120 Å². The summed E-state index contributed by atoms with van der Waals surface area (Å²) < 4.78 is 0. The zero-order valence-corrected chi connectivity index (χ0v) is 12.7. The summed E-state index contributed by atoms with van der Waals surface area (Å²) in [6.07, 6.45) is 2.03. The molecule has 3 nitrogen and oxygen atoms in total. The summed E-state index contributed by atoms with van der Waals surface area (Å²) in [6, 6.07) is 9.08. The van der Waals surface area contributed by atoms with Crippen molar-refractivity contribution in [3.63, 3.8) is 0 Å². The van der Waals surface area contributed by atoms with Crippen LogP contribution < -0.4 is 4.90 Å². The van der Waals surface area contributed by atoms with E-state index in [1.54, 1.807) is 11.8 Å². The lowest BCUT2D eigenvalue weighted by atomic mass is 10.1. The number of hydrogen-bond donors (Lipinski definition) is 0. The molecule has 0 spiro atoms. The normalized spacial score (nSPS) is 20.3. The van der Waals surface area contributed by atoms with Gasteiger partial charge in [0.1, 0.15) is 6.07 Å². The van der Waals surface area contributed by atoms with Crippen molar-refractivity contribution in [2.75, 3.05) is 37.3 Å². The number of thioether (sulfide) groups is 1. The van der Waals surface area contributed by atoms with E-state index in [0.717, 1.165) is 42.3 Å². The molecule has 0 aliphatic carbocycles. The minimum absolute atomic E-state index is 0.545. The van der Waals surface area contributed by atoms with E-state index in [0.29, 0.717) is 6.04 Å². The van der Waals surface area contributed by atoms with Gasteiger partial charge < -0.3 is 4.90 Å². The van der Waals surface area contributed by atoms with Crippen LogP contribution in [-0.4, -0.2) is 43.4 Å². The number of anilines is 1. The molecule has 1 aliphatic heterocycles. The van der Waals surface area contributed by atoms with Gasteiger partial charge in [0.25, 0.3) is 0 Å². The number of piperazine rings is 1. The molecule has 1 aromatic carbocycles. The predicted molar refractivity (Wildman–Crippen MR) is 81.9 cm³/mol. The highest BCUT2D eigenvalue weighted by Crippen LogP contribution is 2.30. The van der Waals surface area contributed by atoms with E-state index in [1.165, 1.54) is 0 Å². The maximum absolute atomic E-state index is 9.42. The fraction of sp³-hybridized carbons (Fsp3) is 0.533. The van der Waals surface area contributed by atoms with Crippen LogP contribution in [0.5, 0.6) is 0 Å². The minimum Gasteiger partial charge on any atom is -0.368 e. The van der Waals surface area contributed by atoms with Gasteiger partial charge in [-0.25, -0.2) is 0 Å². The second kappa shape index (κ2) is 6.31. The molecule has 0 aromatic heterocycles. The van der Waals surface area contributed by atoms with Gasteiger partial charge in [-0.05, 0) is 31.9 Å². The monoisotopic (exact) mass is 275 g/mol. The topological polar surface area (TPSA) is 30.3 Å². The fourth-order valence-electron chi connectivity index (χ4n) is 2.75. The Kier molecular flexibility index (Phi) is 4.73. The first kappa shape index (κ1) is 14.2. The Morgan fingerprint density at radius 1 is 1.42 bits per heavy atom. The van der Waals surface area contributed by atoms with Crippen molar-refractivity contribution in [1.29, 1.82) is 5.26 Å². The average molecular weight is 275 g/mol. The van der Waals surface area contributed by atoms with E-state index in [1.807, 2.05) is 12.3 Å². The van der Waals surface area contributed by atoms with Crippen LogP contribution >= 0.6 is 11.8 Å². The van der Waals surface area contributed by atoms with Crippen LogP contribution in [0.1, 0.15) is 19.4 Å². The third kappa shape index (κ3) is 2.88. The molecule has 1 unspecified atom stereocenters. The molecule has 19 heavy (non-hydrogen) atoms. The number of likely N-dealkylation sites (N-methyl/N-ethyl adjacent to an activating group) is 1.